The fraction of sp³-hybridized carbons (Fsp3) is 0.333. The van der Waals surface area contributed by atoms with Gasteiger partial charge in [-0.25, -0.2) is 19.7 Å². The monoisotopic (exact) mass is 451 g/mol. The number of carboxylic acids is 1. The van der Waals surface area contributed by atoms with Crippen molar-refractivity contribution in [2.75, 3.05) is 11.5 Å². The fourth-order valence-electron chi connectivity index (χ4n) is 3.27. The summed E-state index contributed by atoms with van der Waals surface area (Å²) < 4.78 is 7.40. The number of aromatic nitrogens is 4. The number of aliphatic hydroxyl groups is 2. The van der Waals surface area contributed by atoms with Crippen molar-refractivity contribution >= 4 is 46.3 Å². The molecule has 0 unspecified atom stereocenters. The summed E-state index contributed by atoms with van der Waals surface area (Å²) in [6.07, 6.45) is -1.08. The highest BCUT2D eigenvalue weighted by Gasteiger charge is 2.44. The van der Waals surface area contributed by atoms with Crippen molar-refractivity contribution in [3.63, 3.8) is 0 Å². The minimum atomic E-state index is -1.18. The van der Waals surface area contributed by atoms with Gasteiger partial charge < -0.3 is 25.8 Å². The van der Waals surface area contributed by atoms with Crippen LogP contribution in [0.25, 0.3) is 11.2 Å². The van der Waals surface area contributed by atoms with E-state index in [0.717, 1.165) is 5.56 Å². The number of nitrogen functional groups attached to an aromatic ring is 1. The van der Waals surface area contributed by atoms with E-state index in [9.17, 15) is 15.0 Å². The summed E-state index contributed by atoms with van der Waals surface area (Å²) in [6, 6.07) is 4.80. The fourth-order valence-corrected chi connectivity index (χ4v) is 4.51. The number of anilines is 1. The summed E-state index contributed by atoms with van der Waals surface area (Å²) in [5, 5.41) is 30.3. The number of carboxylic acid groups (broad SMARTS) is 1. The molecule has 0 bridgehead atoms. The lowest BCUT2D eigenvalue weighted by Crippen LogP contribution is -2.32. The molecular weight excluding hydrogens is 434 g/mol. The Hall–Kier alpha value is -2.44. The van der Waals surface area contributed by atoms with Gasteiger partial charge in [-0.3, -0.25) is 4.57 Å². The van der Waals surface area contributed by atoms with Gasteiger partial charge in [-0.1, -0.05) is 17.7 Å². The maximum Gasteiger partial charge on any atom is 0.337 e. The van der Waals surface area contributed by atoms with Crippen molar-refractivity contribution in [3.8, 4) is 0 Å². The van der Waals surface area contributed by atoms with Crippen LogP contribution in [0.5, 0.6) is 0 Å². The van der Waals surface area contributed by atoms with Crippen LogP contribution in [0.1, 0.15) is 22.1 Å². The van der Waals surface area contributed by atoms with Crippen molar-refractivity contribution in [2.24, 2.45) is 0 Å². The summed E-state index contributed by atoms with van der Waals surface area (Å²) >= 11 is 7.33. The lowest BCUT2D eigenvalue weighted by Gasteiger charge is -2.16. The largest absolute Gasteiger partial charge is 0.478 e. The number of aliphatic hydroxyl groups excluding tert-OH is 2. The van der Waals surface area contributed by atoms with Crippen molar-refractivity contribution < 1.29 is 24.9 Å². The van der Waals surface area contributed by atoms with E-state index < -0.39 is 30.5 Å². The number of ether oxygens (including phenoxy) is 1. The van der Waals surface area contributed by atoms with E-state index in [1.165, 1.54) is 35.0 Å². The zero-order valence-corrected chi connectivity index (χ0v) is 17.0. The summed E-state index contributed by atoms with van der Waals surface area (Å²) in [4.78, 5) is 23.4. The summed E-state index contributed by atoms with van der Waals surface area (Å²) in [6.45, 7) is 0. The van der Waals surface area contributed by atoms with Gasteiger partial charge in [0.05, 0.1) is 23.0 Å². The highest BCUT2D eigenvalue weighted by molar-refractivity contribution is 7.98. The molecule has 0 radical (unpaired) electrons. The number of halogens is 1. The number of imidazole rings is 1. The smallest absolute Gasteiger partial charge is 0.337 e. The Kier molecular flexibility index (Phi) is 5.80. The molecule has 1 aliphatic rings. The molecule has 0 aliphatic carbocycles. The lowest BCUT2D eigenvalue weighted by atomic mass is 10.1. The number of thioether (sulfide) groups is 1. The number of nitrogens with two attached hydrogens (primary N) is 1. The molecule has 0 saturated carbocycles. The molecule has 0 spiro atoms. The van der Waals surface area contributed by atoms with Crippen molar-refractivity contribution in [1.29, 1.82) is 0 Å². The first-order valence-electron chi connectivity index (χ1n) is 8.91. The molecule has 0 amide bonds. The molecule has 1 aliphatic heterocycles. The van der Waals surface area contributed by atoms with Crippen molar-refractivity contribution in [1.82, 2.24) is 19.5 Å². The highest BCUT2D eigenvalue weighted by atomic mass is 35.5. The van der Waals surface area contributed by atoms with Crippen molar-refractivity contribution in [2.45, 2.75) is 30.3 Å². The predicted molar refractivity (Wildman–Crippen MR) is 110 cm³/mol. The second-order valence-electron chi connectivity index (χ2n) is 6.76. The van der Waals surface area contributed by atoms with Crippen LogP contribution in [0.3, 0.4) is 0 Å². The van der Waals surface area contributed by atoms with E-state index in [1.807, 2.05) is 0 Å². The first kappa shape index (κ1) is 20.8. The van der Waals surface area contributed by atoms with Gasteiger partial charge in [-0.2, -0.15) is 11.8 Å². The molecule has 158 valence electrons. The molecule has 1 saturated heterocycles. The van der Waals surface area contributed by atoms with Gasteiger partial charge in [0.2, 0.25) is 0 Å². The van der Waals surface area contributed by atoms with Crippen molar-refractivity contribution in [3.05, 3.63) is 47.0 Å². The number of aromatic carboxylic acids is 1. The molecule has 4 atom stereocenters. The summed E-state index contributed by atoms with van der Waals surface area (Å²) in [7, 11) is 0. The topological polar surface area (TPSA) is 157 Å². The van der Waals surface area contributed by atoms with E-state index in [0.29, 0.717) is 22.7 Å². The first-order valence-corrected chi connectivity index (χ1v) is 10.4. The summed E-state index contributed by atoms with van der Waals surface area (Å²) in [5.74, 6) is -0.0153. The normalized spacial score (nSPS) is 23.8. The number of rotatable bonds is 6. The van der Waals surface area contributed by atoms with Gasteiger partial charge in [-0.15, -0.1) is 0 Å². The Morgan fingerprint density at radius 2 is 2.07 bits per heavy atom. The van der Waals surface area contributed by atoms with Gasteiger partial charge in [-0.05, 0) is 17.7 Å². The highest BCUT2D eigenvalue weighted by Crippen LogP contribution is 2.34. The lowest BCUT2D eigenvalue weighted by molar-refractivity contribution is -0.0289. The molecule has 10 nitrogen and oxygen atoms in total. The third kappa shape index (κ3) is 3.82. The molecule has 30 heavy (non-hydrogen) atoms. The van der Waals surface area contributed by atoms with Gasteiger partial charge in [0.25, 0.3) is 0 Å². The maximum atomic E-state index is 11.2. The van der Waals surface area contributed by atoms with Crippen LogP contribution in [-0.2, 0) is 10.5 Å². The molecule has 1 fully saturated rings. The van der Waals surface area contributed by atoms with E-state index in [1.54, 1.807) is 12.1 Å². The predicted octanol–water partition coefficient (Wildman–Crippen LogP) is 1.31. The quantitative estimate of drug-likeness (QED) is 0.430. The average molecular weight is 452 g/mol. The average Bonchev–Trinajstić information content (AvgIpc) is 3.26. The van der Waals surface area contributed by atoms with Gasteiger partial charge in [0.15, 0.2) is 17.7 Å². The van der Waals surface area contributed by atoms with Gasteiger partial charge in [0, 0.05) is 11.5 Å². The minimum Gasteiger partial charge on any atom is -0.478 e. The Labute approximate surface area is 179 Å². The number of benzene rings is 1. The van der Waals surface area contributed by atoms with Crippen LogP contribution >= 0.6 is 23.4 Å². The molecule has 1 aromatic carbocycles. The Morgan fingerprint density at radius 3 is 2.83 bits per heavy atom. The molecule has 3 aromatic rings. The van der Waals surface area contributed by atoms with Crippen LogP contribution in [-0.4, -0.2) is 64.9 Å². The van der Waals surface area contributed by atoms with Gasteiger partial charge in [0.1, 0.15) is 24.1 Å². The Balaban J connectivity index is 1.43. The second kappa shape index (κ2) is 8.36. The zero-order valence-electron chi connectivity index (χ0n) is 15.4. The molecule has 5 N–H and O–H groups in total. The standard InChI is InChI=1S/C18H18ClN5O5S/c19-10-2-1-8(3-9(10)18(27)28)4-30-5-11-13(25)14(26)17(29-11)24-7-23-12-15(20)21-6-22-16(12)24/h1-3,6-7,11,13-14,17,25-26H,4-5H2,(H,27,28)(H2,20,21,22)/t11-,13-,14-,17-/m1/s1. The number of hydrogen-bond acceptors (Lipinski definition) is 9. The Morgan fingerprint density at radius 1 is 1.27 bits per heavy atom. The number of carbonyl (C=O) groups is 1. The van der Waals surface area contributed by atoms with Crippen LogP contribution < -0.4 is 5.73 Å². The van der Waals surface area contributed by atoms with E-state index >= 15 is 0 Å². The van der Waals surface area contributed by atoms with Crippen LogP contribution in [0.4, 0.5) is 5.82 Å². The van der Waals surface area contributed by atoms with E-state index in [-0.39, 0.29) is 16.4 Å². The third-order valence-corrected chi connectivity index (χ3v) is 6.24. The van der Waals surface area contributed by atoms with E-state index in [2.05, 4.69) is 15.0 Å². The van der Waals surface area contributed by atoms with Crippen LogP contribution in [0.2, 0.25) is 5.02 Å². The van der Waals surface area contributed by atoms with Gasteiger partial charge >= 0.3 is 5.97 Å². The summed E-state index contributed by atoms with van der Waals surface area (Å²) in [5.41, 5.74) is 7.39. The number of fused-ring (bicyclic) bond motifs is 1. The molecule has 4 rings (SSSR count). The van der Waals surface area contributed by atoms with Crippen LogP contribution in [0, 0.1) is 0 Å². The van der Waals surface area contributed by atoms with E-state index in [4.69, 9.17) is 27.2 Å². The van der Waals surface area contributed by atoms with Crippen LogP contribution in [0.15, 0.2) is 30.9 Å². The Bertz CT molecular complexity index is 1100. The number of nitrogens with zero attached hydrogens (tertiary/aromatic N) is 4. The number of hydrogen-bond donors (Lipinski definition) is 4. The molecule has 2 aromatic heterocycles. The first-order chi connectivity index (χ1) is 14.4. The third-order valence-electron chi connectivity index (χ3n) is 4.81. The minimum absolute atomic E-state index is 0.0376. The zero-order chi connectivity index (χ0) is 21.4. The molecule has 12 heteroatoms. The molecule has 3 heterocycles. The SMILES string of the molecule is Nc1ncnc2c1ncn2[C@@H]1O[C@H](CSCc2ccc(Cl)c(C(=O)O)c2)[C@@H](O)[C@H]1O. The molecular formula is C18H18ClN5O5S. The second-order valence-corrected chi connectivity index (χ2v) is 8.20. The maximum absolute atomic E-state index is 11.2.